The van der Waals surface area contributed by atoms with Gasteiger partial charge < -0.3 is 0 Å². The highest BCUT2D eigenvalue weighted by Gasteiger charge is 2.52. The number of anilines is 1. The van der Waals surface area contributed by atoms with E-state index in [1.807, 2.05) is 38.1 Å². The molecule has 1 N–H and O–H groups in total. The van der Waals surface area contributed by atoms with Gasteiger partial charge in [0.05, 0.1) is 11.5 Å². The number of carbonyl (C=O) groups is 1. The summed E-state index contributed by atoms with van der Waals surface area (Å²) >= 11 is 3.54. The summed E-state index contributed by atoms with van der Waals surface area (Å²) in [4.78, 5) is 16.9. The van der Waals surface area contributed by atoms with Crippen LogP contribution in [0.2, 0.25) is 0 Å². The fourth-order valence-electron chi connectivity index (χ4n) is 2.53. The van der Waals surface area contributed by atoms with Gasteiger partial charge in [0.25, 0.3) is 0 Å². The van der Waals surface area contributed by atoms with Gasteiger partial charge in [0.1, 0.15) is 6.33 Å². The van der Waals surface area contributed by atoms with Gasteiger partial charge in [0.15, 0.2) is 0 Å². The monoisotopic (exact) mass is 348 g/mol. The minimum Gasteiger partial charge on any atom is -0.294 e. The van der Waals surface area contributed by atoms with Crippen molar-refractivity contribution in [2.45, 2.75) is 38.1 Å². The van der Waals surface area contributed by atoms with Gasteiger partial charge in [-0.15, -0.1) is 0 Å². The molecule has 0 atom stereocenters. The second kappa shape index (κ2) is 5.26. The number of nitrogens with zero attached hydrogens (tertiary/aromatic N) is 3. The van der Waals surface area contributed by atoms with Crippen LogP contribution in [-0.4, -0.2) is 20.7 Å². The molecule has 0 radical (unpaired) electrons. The van der Waals surface area contributed by atoms with Crippen molar-refractivity contribution in [3.8, 4) is 0 Å². The van der Waals surface area contributed by atoms with Crippen molar-refractivity contribution in [3.63, 3.8) is 0 Å². The van der Waals surface area contributed by atoms with Crippen molar-refractivity contribution in [1.82, 2.24) is 14.8 Å². The molecule has 0 saturated heterocycles. The first-order valence-corrected chi connectivity index (χ1v) is 7.80. The largest absolute Gasteiger partial charge is 0.294 e. The van der Waals surface area contributed by atoms with Gasteiger partial charge >= 0.3 is 0 Å². The number of benzene rings is 1. The molecule has 1 aromatic carbocycles. The molecular formula is C15H17BrN4O. The van der Waals surface area contributed by atoms with Crippen molar-refractivity contribution in [1.29, 1.82) is 0 Å². The van der Waals surface area contributed by atoms with Crippen LogP contribution in [0.5, 0.6) is 0 Å². The van der Waals surface area contributed by atoms with E-state index in [1.54, 1.807) is 4.68 Å². The van der Waals surface area contributed by atoms with Crippen LogP contribution in [-0.2, 0) is 10.2 Å². The maximum Gasteiger partial charge on any atom is 0.237 e. The second-order valence-corrected chi connectivity index (χ2v) is 6.49. The van der Waals surface area contributed by atoms with Crippen LogP contribution in [0.15, 0.2) is 35.1 Å². The predicted octanol–water partition coefficient (Wildman–Crippen LogP) is 3.29. The van der Waals surface area contributed by atoms with E-state index in [9.17, 15) is 4.79 Å². The Balaban J connectivity index is 1.86. The summed E-state index contributed by atoms with van der Waals surface area (Å²) < 4.78 is 2.69. The zero-order chi connectivity index (χ0) is 15.0. The summed E-state index contributed by atoms with van der Waals surface area (Å²) in [6, 6.07) is 8.05. The Kier molecular flexibility index (Phi) is 3.57. The Labute approximate surface area is 131 Å². The van der Waals surface area contributed by atoms with Crippen LogP contribution in [0.3, 0.4) is 0 Å². The van der Waals surface area contributed by atoms with E-state index in [0.29, 0.717) is 5.95 Å². The van der Waals surface area contributed by atoms with E-state index >= 15 is 0 Å². The van der Waals surface area contributed by atoms with Crippen molar-refractivity contribution in [2.24, 2.45) is 0 Å². The first-order valence-electron chi connectivity index (χ1n) is 7.00. The predicted molar refractivity (Wildman–Crippen MR) is 84.1 cm³/mol. The summed E-state index contributed by atoms with van der Waals surface area (Å²) in [5.74, 6) is 0.498. The summed E-state index contributed by atoms with van der Waals surface area (Å²) in [5, 5.41) is 7.07. The number of hydrogen-bond acceptors (Lipinski definition) is 3. The molecule has 2 aromatic rings. The lowest BCUT2D eigenvalue weighted by molar-refractivity contribution is -0.118. The number of hydrogen-bond donors (Lipinski definition) is 1. The van der Waals surface area contributed by atoms with E-state index in [4.69, 9.17) is 0 Å². The number of aromatic nitrogens is 3. The Morgan fingerprint density at radius 1 is 1.38 bits per heavy atom. The molecule has 3 rings (SSSR count). The lowest BCUT2D eigenvalue weighted by Crippen LogP contribution is -2.29. The average Bonchev–Trinajstić information content (AvgIpc) is 3.12. The molecule has 0 spiro atoms. The number of halogens is 1. The van der Waals surface area contributed by atoms with Crippen LogP contribution < -0.4 is 5.32 Å². The van der Waals surface area contributed by atoms with Gasteiger partial charge in [-0.2, -0.15) is 10.1 Å². The fourth-order valence-corrected chi connectivity index (χ4v) is 3.20. The zero-order valence-corrected chi connectivity index (χ0v) is 13.6. The lowest BCUT2D eigenvalue weighted by atomic mass is 9.95. The number of rotatable bonds is 4. The third-order valence-electron chi connectivity index (χ3n) is 3.86. The molecule has 1 amide bonds. The highest BCUT2D eigenvalue weighted by atomic mass is 79.9. The Morgan fingerprint density at radius 3 is 2.71 bits per heavy atom. The minimum absolute atomic E-state index is 0.00991. The maximum atomic E-state index is 12.7. The van der Waals surface area contributed by atoms with E-state index in [0.717, 1.165) is 22.9 Å². The molecule has 1 aliphatic rings. The van der Waals surface area contributed by atoms with Crippen molar-refractivity contribution in [2.75, 3.05) is 5.32 Å². The summed E-state index contributed by atoms with van der Waals surface area (Å²) in [6.45, 7) is 4.01. The standard InChI is InChI=1S/C15H17BrN4O/c1-10(2)20-14(17-9-18-20)19-13(21)15(7-8-15)11-5-3-4-6-12(11)16/h3-6,9-10H,7-8H2,1-2H3,(H,17,18,19,21). The molecule has 1 aromatic heterocycles. The summed E-state index contributed by atoms with van der Waals surface area (Å²) in [6.07, 6.45) is 3.18. The van der Waals surface area contributed by atoms with Crippen LogP contribution in [0, 0.1) is 0 Å². The number of amides is 1. The molecule has 1 heterocycles. The summed E-state index contributed by atoms with van der Waals surface area (Å²) in [7, 11) is 0. The molecule has 1 fully saturated rings. The molecular weight excluding hydrogens is 332 g/mol. The zero-order valence-electron chi connectivity index (χ0n) is 12.0. The van der Waals surface area contributed by atoms with E-state index < -0.39 is 5.41 Å². The molecule has 110 valence electrons. The highest BCUT2D eigenvalue weighted by molar-refractivity contribution is 9.10. The lowest BCUT2D eigenvalue weighted by Gasteiger charge is -2.17. The normalized spacial score (nSPS) is 16.0. The van der Waals surface area contributed by atoms with Crippen molar-refractivity contribution < 1.29 is 4.79 Å². The third-order valence-corrected chi connectivity index (χ3v) is 4.55. The van der Waals surface area contributed by atoms with Gasteiger partial charge in [-0.1, -0.05) is 34.1 Å². The molecule has 1 aliphatic carbocycles. The molecule has 5 nitrogen and oxygen atoms in total. The van der Waals surface area contributed by atoms with Crippen LogP contribution in [0.1, 0.15) is 38.3 Å². The Bertz CT molecular complexity index is 676. The summed E-state index contributed by atoms with van der Waals surface area (Å²) in [5.41, 5.74) is 0.603. The van der Waals surface area contributed by atoms with Gasteiger partial charge in [-0.3, -0.25) is 10.1 Å². The van der Waals surface area contributed by atoms with Crippen molar-refractivity contribution in [3.05, 3.63) is 40.6 Å². The van der Waals surface area contributed by atoms with Gasteiger partial charge in [0.2, 0.25) is 11.9 Å². The molecule has 0 aliphatic heterocycles. The van der Waals surface area contributed by atoms with Crippen molar-refractivity contribution >= 4 is 27.8 Å². The molecule has 0 bridgehead atoms. The van der Waals surface area contributed by atoms with E-state index in [2.05, 4.69) is 31.3 Å². The quantitative estimate of drug-likeness (QED) is 0.921. The smallest absolute Gasteiger partial charge is 0.237 e. The first-order chi connectivity index (χ1) is 10.0. The average molecular weight is 349 g/mol. The van der Waals surface area contributed by atoms with Gasteiger partial charge in [0, 0.05) is 4.47 Å². The molecule has 1 saturated carbocycles. The number of nitrogens with one attached hydrogen (secondary N) is 1. The van der Waals surface area contributed by atoms with E-state index in [-0.39, 0.29) is 11.9 Å². The second-order valence-electron chi connectivity index (χ2n) is 5.64. The van der Waals surface area contributed by atoms with Crippen LogP contribution in [0.4, 0.5) is 5.95 Å². The topological polar surface area (TPSA) is 59.8 Å². The van der Waals surface area contributed by atoms with E-state index in [1.165, 1.54) is 6.33 Å². The SMILES string of the molecule is CC(C)n1ncnc1NC(=O)C1(c2ccccc2Br)CC1. The van der Waals surface area contributed by atoms with Gasteiger partial charge in [-0.05, 0) is 38.3 Å². The fraction of sp³-hybridized carbons (Fsp3) is 0.400. The maximum absolute atomic E-state index is 12.7. The highest BCUT2D eigenvalue weighted by Crippen LogP contribution is 2.51. The van der Waals surface area contributed by atoms with Crippen LogP contribution >= 0.6 is 15.9 Å². The first kappa shape index (κ1) is 14.3. The minimum atomic E-state index is -0.437. The van der Waals surface area contributed by atoms with Gasteiger partial charge in [-0.25, -0.2) is 4.68 Å². The third kappa shape index (κ3) is 2.48. The molecule has 0 unspecified atom stereocenters. The Hall–Kier alpha value is -1.69. The Morgan fingerprint density at radius 2 is 2.10 bits per heavy atom. The molecule has 21 heavy (non-hydrogen) atoms. The number of carbonyl (C=O) groups excluding carboxylic acids is 1. The van der Waals surface area contributed by atoms with Crippen LogP contribution in [0.25, 0.3) is 0 Å². The molecule has 6 heteroatoms.